The maximum Gasteiger partial charge on any atom is 0.196 e. The first kappa shape index (κ1) is 3.42. The van der Waals surface area contributed by atoms with E-state index < -0.39 is 0 Å². The summed E-state index contributed by atoms with van der Waals surface area (Å²) in [5, 5.41) is 4.71. The summed E-state index contributed by atoms with van der Waals surface area (Å²) in [6.07, 6.45) is 1.31. The molecule has 0 radical (unpaired) electrons. The summed E-state index contributed by atoms with van der Waals surface area (Å²) in [5.74, 6) is 5.05. The number of hydrazone groups is 1. The average Bonchev–Trinajstić information content (AvgIpc) is 1.86. The fraction of sp³-hybridized carbons (Fsp3) is 0.500. The molecule has 2 N–H and O–H groups in total. The summed E-state index contributed by atoms with van der Waals surface area (Å²) >= 11 is 0. The molecule has 6 heavy (non-hydrogen) atoms. The molecule has 0 aromatic carbocycles. The van der Waals surface area contributed by atoms with Crippen LogP contribution in [0.15, 0.2) is 5.10 Å². The summed E-state index contributed by atoms with van der Waals surface area (Å²) < 4.78 is 4.57. The van der Waals surface area contributed by atoms with Crippen LogP contribution in [0.5, 0.6) is 0 Å². The van der Waals surface area contributed by atoms with Crippen LogP contribution in [-0.4, -0.2) is 18.2 Å². The summed E-state index contributed by atoms with van der Waals surface area (Å²) in [6.45, 7) is 0.375. The lowest BCUT2D eigenvalue weighted by Crippen LogP contribution is -2.22. The van der Waals surface area contributed by atoms with Gasteiger partial charge in [0, 0.05) is 0 Å². The molecule has 4 heteroatoms. The van der Waals surface area contributed by atoms with E-state index in [-0.39, 0.29) is 0 Å². The number of rotatable bonds is 0. The lowest BCUT2D eigenvalue weighted by Gasteiger charge is -1.97. The van der Waals surface area contributed by atoms with E-state index in [0.29, 0.717) is 6.73 Å². The van der Waals surface area contributed by atoms with Crippen molar-refractivity contribution in [3.63, 3.8) is 0 Å². The molecule has 0 amide bonds. The van der Waals surface area contributed by atoms with Gasteiger partial charge in [0.05, 0.1) is 0 Å². The van der Waals surface area contributed by atoms with Gasteiger partial charge in [0.2, 0.25) is 0 Å². The first-order valence-corrected chi connectivity index (χ1v) is 1.56. The van der Waals surface area contributed by atoms with Crippen LogP contribution in [-0.2, 0) is 4.74 Å². The molecule has 0 aromatic rings. The van der Waals surface area contributed by atoms with Gasteiger partial charge in [-0.25, -0.2) is 5.84 Å². The topological polar surface area (TPSA) is 50.8 Å². The Bertz CT molecular complexity index is 71.2. The van der Waals surface area contributed by atoms with Gasteiger partial charge in [-0.1, -0.05) is 0 Å². The molecule has 0 saturated heterocycles. The quantitative estimate of drug-likeness (QED) is 0.389. The maximum atomic E-state index is 5.05. The van der Waals surface area contributed by atoms with Gasteiger partial charge in [0.15, 0.2) is 13.1 Å². The molecule has 34 valence electrons. The summed E-state index contributed by atoms with van der Waals surface area (Å²) in [4.78, 5) is 0. The molecule has 0 bridgehead atoms. The Labute approximate surface area is 35.1 Å². The van der Waals surface area contributed by atoms with Crippen LogP contribution in [0.2, 0.25) is 0 Å². The van der Waals surface area contributed by atoms with Gasteiger partial charge in [-0.05, 0) is 0 Å². The Hall–Kier alpha value is -0.770. The lowest BCUT2D eigenvalue weighted by atomic mass is 11.3. The Morgan fingerprint density at radius 1 is 2.00 bits per heavy atom. The maximum absolute atomic E-state index is 5.05. The van der Waals surface area contributed by atoms with Crippen LogP contribution in [0.3, 0.4) is 0 Å². The van der Waals surface area contributed by atoms with E-state index in [2.05, 4.69) is 9.84 Å². The molecule has 4 nitrogen and oxygen atoms in total. The minimum absolute atomic E-state index is 0.375. The van der Waals surface area contributed by atoms with E-state index in [0.717, 1.165) is 0 Å². The van der Waals surface area contributed by atoms with Crippen molar-refractivity contribution in [1.82, 2.24) is 5.12 Å². The van der Waals surface area contributed by atoms with Crippen molar-refractivity contribution in [2.75, 3.05) is 6.73 Å². The van der Waals surface area contributed by atoms with Crippen molar-refractivity contribution in [1.29, 1.82) is 0 Å². The molecule has 1 heterocycles. The lowest BCUT2D eigenvalue weighted by molar-refractivity contribution is 0.175. The van der Waals surface area contributed by atoms with Gasteiger partial charge in [-0.3, -0.25) is 0 Å². The van der Waals surface area contributed by atoms with E-state index in [4.69, 9.17) is 5.84 Å². The second-order valence-corrected chi connectivity index (χ2v) is 0.956. The molecule has 1 aliphatic rings. The Morgan fingerprint density at radius 2 is 2.83 bits per heavy atom. The van der Waals surface area contributed by atoms with Crippen molar-refractivity contribution in [3.05, 3.63) is 0 Å². The minimum atomic E-state index is 0.375. The van der Waals surface area contributed by atoms with Crippen LogP contribution < -0.4 is 5.84 Å². The first-order valence-electron chi connectivity index (χ1n) is 1.56. The van der Waals surface area contributed by atoms with Crippen LogP contribution >= 0.6 is 0 Å². The normalized spacial score (nSPS) is 18.5. The molecule has 1 rings (SSSR count). The van der Waals surface area contributed by atoms with Gasteiger partial charge >= 0.3 is 0 Å². The van der Waals surface area contributed by atoms with Crippen molar-refractivity contribution in [3.8, 4) is 0 Å². The van der Waals surface area contributed by atoms with E-state index in [1.54, 1.807) is 0 Å². The average molecular weight is 87.1 g/mol. The molecule has 0 unspecified atom stereocenters. The van der Waals surface area contributed by atoms with Crippen molar-refractivity contribution < 1.29 is 4.74 Å². The number of nitrogens with zero attached hydrogens (tertiary/aromatic N) is 2. The van der Waals surface area contributed by atoms with Crippen LogP contribution in [0.4, 0.5) is 0 Å². The molecule has 1 aliphatic heterocycles. The fourth-order valence-corrected chi connectivity index (χ4v) is 0.237. The number of nitrogens with two attached hydrogens (primary N) is 1. The second-order valence-electron chi connectivity index (χ2n) is 0.956. The number of hydrazine groups is 1. The Balaban J connectivity index is 2.38. The highest BCUT2D eigenvalue weighted by molar-refractivity contribution is 5.46. The molecule has 0 spiro atoms. The smallest absolute Gasteiger partial charge is 0.196 e. The second kappa shape index (κ2) is 1.14. The third-order valence-corrected chi connectivity index (χ3v) is 0.477. The van der Waals surface area contributed by atoms with E-state index >= 15 is 0 Å². The first-order chi connectivity index (χ1) is 2.89. The molecule has 0 saturated carbocycles. The molecule has 0 aliphatic carbocycles. The van der Waals surface area contributed by atoms with E-state index in [1.807, 2.05) is 0 Å². The molecule has 0 fully saturated rings. The highest BCUT2D eigenvalue weighted by Crippen LogP contribution is 1.84. The summed E-state index contributed by atoms with van der Waals surface area (Å²) in [7, 11) is 0. The summed E-state index contributed by atoms with van der Waals surface area (Å²) in [5.41, 5.74) is 0. The highest BCUT2D eigenvalue weighted by Gasteiger charge is 1.95. The van der Waals surface area contributed by atoms with E-state index in [1.165, 1.54) is 11.5 Å². The van der Waals surface area contributed by atoms with Gasteiger partial charge in [-0.2, -0.15) is 5.12 Å². The van der Waals surface area contributed by atoms with Gasteiger partial charge < -0.3 is 4.74 Å². The van der Waals surface area contributed by atoms with Gasteiger partial charge in [0.1, 0.15) is 0 Å². The highest BCUT2D eigenvalue weighted by atomic mass is 16.5. The van der Waals surface area contributed by atoms with Crippen LogP contribution in [0.25, 0.3) is 0 Å². The zero-order valence-electron chi connectivity index (χ0n) is 3.16. The fourth-order valence-electron chi connectivity index (χ4n) is 0.237. The zero-order valence-corrected chi connectivity index (χ0v) is 3.16. The van der Waals surface area contributed by atoms with Crippen molar-refractivity contribution >= 4 is 6.40 Å². The third-order valence-electron chi connectivity index (χ3n) is 0.477. The van der Waals surface area contributed by atoms with Gasteiger partial charge in [-0.15, -0.1) is 5.10 Å². The van der Waals surface area contributed by atoms with Crippen LogP contribution in [0, 0.1) is 0 Å². The van der Waals surface area contributed by atoms with Crippen LogP contribution in [0.1, 0.15) is 0 Å². The Kier molecular flexibility index (Phi) is 0.648. The largest absolute Gasteiger partial charge is 0.458 e. The zero-order chi connectivity index (χ0) is 4.41. The van der Waals surface area contributed by atoms with Crippen molar-refractivity contribution in [2.24, 2.45) is 10.9 Å². The van der Waals surface area contributed by atoms with E-state index in [9.17, 15) is 0 Å². The third kappa shape index (κ3) is 0.414. The SMILES string of the molecule is NN1COC=N1. The van der Waals surface area contributed by atoms with Crippen molar-refractivity contribution in [2.45, 2.75) is 0 Å². The molecular weight excluding hydrogens is 82.0 g/mol. The minimum Gasteiger partial charge on any atom is -0.458 e. The summed E-state index contributed by atoms with van der Waals surface area (Å²) in [6, 6.07) is 0. The molecule has 0 aromatic heterocycles. The molecular formula is C2H5N3O. The monoisotopic (exact) mass is 87.0 g/mol. The predicted molar refractivity (Wildman–Crippen MR) is 20.5 cm³/mol. The predicted octanol–water partition coefficient (Wildman–Crippen LogP) is -0.907. The molecule has 0 atom stereocenters. The number of hydrogen-bond acceptors (Lipinski definition) is 4. The standard InChI is InChI=1S/C2H5N3O/c3-5-2-6-1-4-5/h1H,2-3H2. The number of hydrogen-bond donors (Lipinski definition) is 1. The number of ether oxygens (including phenoxy) is 1. The Morgan fingerprint density at radius 3 is 3.00 bits per heavy atom. The van der Waals surface area contributed by atoms with Gasteiger partial charge in [0.25, 0.3) is 0 Å².